The summed E-state index contributed by atoms with van der Waals surface area (Å²) in [7, 11) is 0. The molecule has 1 atom stereocenters. The summed E-state index contributed by atoms with van der Waals surface area (Å²) in [6.45, 7) is 10.0. The third kappa shape index (κ3) is 3.96. The lowest BCUT2D eigenvalue weighted by Gasteiger charge is -2.21. The van der Waals surface area contributed by atoms with Crippen molar-refractivity contribution in [2.75, 3.05) is 6.54 Å². The average molecular weight is 301 g/mol. The first-order valence-corrected chi connectivity index (χ1v) is 8.90. The van der Waals surface area contributed by atoms with Gasteiger partial charge in [0.15, 0.2) is 0 Å². The molecule has 0 fully saturated rings. The minimum Gasteiger partial charge on any atom is -0.309 e. The van der Waals surface area contributed by atoms with Crippen molar-refractivity contribution in [2.24, 2.45) is 0 Å². The van der Waals surface area contributed by atoms with Crippen LogP contribution in [0, 0.1) is 13.8 Å². The van der Waals surface area contributed by atoms with Crippen molar-refractivity contribution in [3.05, 3.63) is 56.8 Å². The largest absolute Gasteiger partial charge is 0.309 e. The van der Waals surface area contributed by atoms with E-state index in [2.05, 4.69) is 62.7 Å². The molecule has 0 radical (unpaired) electrons. The summed E-state index contributed by atoms with van der Waals surface area (Å²) in [4.78, 5) is 1.52. The summed E-state index contributed by atoms with van der Waals surface area (Å²) in [5.41, 5.74) is 5.82. The fourth-order valence-corrected chi connectivity index (χ4v) is 3.97. The second-order valence-corrected chi connectivity index (χ2v) is 6.69. The van der Waals surface area contributed by atoms with Crippen LogP contribution in [0.2, 0.25) is 0 Å². The second kappa shape index (κ2) is 7.77. The first-order chi connectivity index (χ1) is 10.2. The van der Waals surface area contributed by atoms with Crippen LogP contribution in [0.25, 0.3) is 0 Å². The molecule has 0 saturated heterocycles. The van der Waals surface area contributed by atoms with Gasteiger partial charge in [-0.15, -0.1) is 11.3 Å². The van der Waals surface area contributed by atoms with Gasteiger partial charge in [0.1, 0.15) is 0 Å². The Balaban J connectivity index is 2.28. The highest BCUT2D eigenvalue weighted by Crippen LogP contribution is 2.29. The number of hydrogen-bond acceptors (Lipinski definition) is 2. The van der Waals surface area contributed by atoms with Crippen LogP contribution in [0.1, 0.15) is 53.4 Å². The molecule has 1 nitrogen and oxygen atoms in total. The molecule has 0 amide bonds. The zero-order valence-electron chi connectivity index (χ0n) is 13.7. The summed E-state index contributed by atoms with van der Waals surface area (Å²) in [5.74, 6) is 0. The van der Waals surface area contributed by atoms with Crippen LogP contribution >= 0.6 is 11.3 Å². The lowest BCUT2D eigenvalue weighted by Crippen LogP contribution is -2.24. The molecule has 0 spiro atoms. The van der Waals surface area contributed by atoms with Crippen molar-refractivity contribution in [1.82, 2.24) is 5.32 Å². The van der Waals surface area contributed by atoms with E-state index in [1.807, 2.05) is 11.3 Å². The van der Waals surface area contributed by atoms with Gasteiger partial charge in [-0.25, -0.2) is 0 Å². The SMILES string of the molecule is CCCNC(Cc1c(C)cccc1C)c1sccc1CC. The van der Waals surface area contributed by atoms with E-state index in [9.17, 15) is 0 Å². The van der Waals surface area contributed by atoms with Gasteiger partial charge < -0.3 is 5.32 Å². The maximum absolute atomic E-state index is 3.76. The summed E-state index contributed by atoms with van der Waals surface area (Å²) in [5, 5.41) is 6.00. The van der Waals surface area contributed by atoms with Crippen LogP contribution in [0.5, 0.6) is 0 Å². The van der Waals surface area contributed by atoms with Gasteiger partial charge >= 0.3 is 0 Å². The standard InChI is InChI=1S/C19H27NS/c1-5-11-20-18(19-16(6-2)10-12-21-19)13-17-14(3)8-7-9-15(17)4/h7-10,12,18,20H,5-6,11,13H2,1-4H3. The van der Waals surface area contributed by atoms with Crippen molar-refractivity contribution in [3.8, 4) is 0 Å². The Bertz CT molecular complexity index is 550. The molecule has 1 unspecified atom stereocenters. The molecule has 114 valence electrons. The number of rotatable bonds is 7. The van der Waals surface area contributed by atoms with Gasteiger partial charge in [0.05, 0.1) is 0 Å². The fraction of sp³-hybridized carbons (Fsp3) is 0.474. The molecule has 1 aromatic carbocycles. The smallest absolute Gasteiger partial charge is 0.0458 e. The Kier molecular flexibility index (Phi) is 6.01. The highest BCUT2D eigenvalue weighted by atomic mass is 32.1. The van der Waals surface area contributed by atoms with E-state index in [-0.39, 0.29) is 0 Å². The molecule has 0 aliphatic rings. The van der Waals surface area contributed by atoms with E-state index >= 15 is 0 Å². The first-order valence-electron chi connectivity index (χ1n) is 8.02. The van der Waals surface area contributed by atoms with Crippen molar-refractivity contribution < 1.29 is 0 Å². The quantitative estimate of drug-likeness (QED) is 0.740. The number of nitrogens with one attached hydrogen (secondary N) is 1. The second-order valence-electron chi connectivity index (χ2n) is 5.74. The van der Waals surface area contributed by atoms with Crippen molar-refractivity contribution >= 4 is 11.3 Å². The maximum atomic E-state index is 3.76. The molecule has 0 aliphatic carbocycles. The normalized spacial score (nSPS) is 12.6. The summed E-state index contributed by atoms with van der Waals surface area (Å²) in [6, 6.07) is 9.35. The van der Waals surface area contributed by atoms with Crippen molar-refractivity contribution in [3.63, 3.8) is 0 Å². The van der Waals surface area contributed by atoms with E-state index in [1.54, 1.807) is 0 Å². The lowest BCUT2D eigenvalue weighted by molar-refractivity contribution is 0.532. The van der Waals surface area contributed by atoms with Crippen LogP contribution in [-0.4, -0.2) is 6.54 Å². The first kappa shape index (κ1) is 16.3. The van der Waals surface area contributed by atoms with Gasteiger partial charge in [-0.2, -0.15) is 0 Å². The molecule has 2 rings (SSSR count). The van der Waals surface area contributed by atoms with Crippen LogP contribution in [-0.2, 0) is 12.8 Å². The molecular formula is C19H27NS. The summed E-state index contributed by atoms with van der Waals surface area (Å²) < 4.78 is 0. The lowest BCUT2D eigenvalue weighted by atomic mass is 9.94. The minimum atomic E-state index is 0.444. The summed E-state index contributed by atoms with van der Waals surface area (Å²) in [6.07, 6.45) is 3.39. The predicted molar refractivity (Wildman–Crippen MR) is 94.4 cm³/mol. The number of benzene rings is 1. The van der Waals surface area contributed by atoms with Crippen LogP contribution in [0.4, 0.5) is 0 Å². The highest BCUT2D eigenvalue weighted by molar-refractivity contribution is 7.10. The molecule has 1 heterocycles. The molecular weight excluding hydrogens is 274 g/mol. The Morgan fingerprint density at radius 1 is 1.10 bits per heavy atom. The van der Waals surface area contributed by atoms with E-state index < -0.39 is 0 Å². The van der Waals surface area contributed by atoms with Crippen molar-refractivity contribution in [2.45, 2.75) is 53.0 Å². The third-order valence-electron chi connectivity index (χ3n) is 4.17. The molecule has 0 bridgehead atoms. The molecule has 1 aromatic heterocycles. The number of thiophene rings is 1. The Morgan fingerprint density at radius 2 is 1.81 bits per heavy atom. The van der Waals surface area contributed by atoms with Gasteiger partial charge in [0, 0.05) is 10.9 Å². The van der Waals surface area contributed by atoms with Gasteiger partial charge in [0.25, 0.3) is 0 Å². The van der Waals surface area contributed by atoms with Gasteiger partial charge in [-0.3, -0.25) is 0 Å². The van der Waals surface area contributed by atoms with Crippen molar-refractivity contribution in [1.29, 1.82) is 0 Å². The molecule has 0 aliphatic heterocycles. The van der Waals surface area contributed by atoms with E-state index in [0.29, 0.717) is 6.04 Å². The predicted octanol–water partition coefficient (Wildman–Crippen LogP) is 5.21. The highest BCUT2D eigenvalue weighted by Gasteiger charge is 2.18. The molecule has 1 N–H and O–H groups in total. The van der Waals surface area contributed by atoms with Crippen LogP contribution < -0.4 is 5.32 Å². The Hall–Kier alpha value is -1.12. The number of aryl methyl sites for hydroxylation is 3. The molecule has 21 heavy (non-hydrogen) atoms. The molecule has 2 heteroatoms. The van der Waals surface area contributed by atoms with Crippen LogP contribution in [0.3, 0.4) is 0 Å². The minimum absolute atomic E-state index is 0.444. The van der Waals surface area contributed by atoms with E-state index in [0.717, 1.165) is 19.4 Å². The topological polar surface area (TPSA) is 12.0 Å². The fourth-order valence-electron chi connectivity index (χ4n) is 2.90. The Labute approximate surface area is 133 Å². The molecule has 0 saturated carbocycles. The van der Waals surface area contributed by atoms with E-state index in [4.69, 9.17) is 0 Å². The monoisotopic (exact) mass is 301 g/mol. The van der Waals surface area contributed by atoms with E-state index in [1.165, 1.54) is 33.6 Å². The Morgan fingerprint density at radius 3 is 2.43 bits per heavy atom. The van der Waals surface area contributed by atoms with Gasteiger partial charge in [-0.1, -0.05) is 32.0 Å². The average Bonchev–Trinajstić information content (AvgIpc) is 2.94. The third-order valence-corrected chi connectivity index (χ3v) is 5.24. The zero-order valence-corrected chi connectivity index (χ0v) is 14.5. The van der Waals surface area contributed by atoms with Crippen LogP contribution in [0.15, 0.2) is 29.6 Å². The maximum Gasteiger partial charge on any atom is 0.0458 e. The van der Waals surface area contributed by atoms with Gasteiger partial charge in [0.2, 0.25) is 0 Å². The number of hydrogen-bond donors (Lipinski definition) is 1. The zero-order chi connectivity index (χ0) is 15.2. The van der Waals surface area contributed by atoms with Gasteiger partial charge in [-0.05, 0) is 73.4 Å². The molecule has 2 aromatic rings. The summed E-state index contributed by atoms with van der Waals surface area (Å²) >= 11 is 1.90.